The minimum atomic E-state index is -0.655. The fraction of sp³-hybridized carbons (Fsp3) is 0.300. The van der Waals surface area contributed by atoms with Gasteiger partial charge in [0.05, 0.1) is 28.8 Å². The molecule has 0 aliphatic rings. The fourth-order valence-electron chi connectivity index (χ4n) is 2.50. The van der Waals surface area contributed by atoms with Gasteiger partial charge in [-0.25, -0.2) is 4.39 Å². The minimum absolute atomic E-state index is 0. The monoisotopic (exact) mass is 507 g/mol. The highest BCUT2D eigenvalue weighted by Gasteiger charge is 2.17. The Labute approximate surface area is 199 Å². The number of nitrogens with two attached hydrogens (primary N) is 1. The number of nitrogens with zero attached hydrogens (tertiary/aromatic N) is 2. The van der Waals surface area contributed by atoms with Crippen molar-refractivity contribution in [1.29, 1.82) is 0 Å². The Bertz CT molecular complexity index is 1010. The summed E-state index contributed by atoms with van der Waals surface area (Å²) >= 11 is 13.7. The van der Waals surface area contributed by atoms with E-state index in [0.29, 0.717) is 26.4 Å². The van der Waals surface area contributed by atoms with Crippen LogP contribution in [0.4, 0.5) is 4.39 Å². The van der Waals surface area contributed by atoms with Crippen molar-refractivity contribution in [1.82, 2.24) is 10.2 Å². The van der Waals surface area contributed by atoms with Crippen molar-refractivity contribution in [2.24, 2.45) is 5.73 Å². The molecule has 11 heteroatoms. The van der Waals surface area contributed by atoms with Gasteiger partial charge < -0.3 is 20.3 Å². The zero-order chi connectivity index (χ0) is 21.8. The van der Waals surface area contributed by atoms with E-state index in [4.69, 9.17) is 43.5 Å². The van der Waals surface area contributed by atoms with Gasteiger partial charge in [-0.1, -0.05) is 34.5 Å². The number of hydrogen-bond acceptors (Lipinski definition) is 7. The molecule has 0 amide bonds. The Hall–Kier alpha value is -1.68. The number of aliphatic hydroxyl groups excluding tert-OH is 1. The van der Waals surface area contributed by atoms with Crippen molar-refractivity contribution in [3.05, 3.63) is 46.2 Å². The summed E-state index contributed by atoms with van der Waals surface area (Å²) in [5, 5.41) is 18.9. The van der Waals surface area contributed by atoms with Crippen LogP contribution in [0.2, 0.25) is 10.0 Å². The number of rotatable bonds is 8. The molecule has 0 saturated carbocycles. The van der Waals surface area contributed by atoms with E-state index in [2.05, 4.69) is 10.2 Å². The third-order valence-electron chi connectivity index (χ3n) is 3.89. The first-order valence-electron chi connectivity index (χ1n) is 9.07. The van der Waals surface area contributed by atoms with Gasteiger partial charge in [0.1, 0.15) is 22.4 Å². The maximum atomic E-state index is 14.5. The maximum absolute atomic E-state index is 14.5. The van der Waals surface area contributed by atoms with E-state index in [0.717, 1.165) is 5.56 Å². The predicted octanol–water partition coefficient (Wildman–Crippen LogP) is 5.23. The molecule has 0 aliphatic carbocycles. The van der Waals surface area contributed by atoms with Gasteiger partial charge in [-0.05, 0) is 44.2 Å². The molecule has 31 heavy (non-hydrogen) atoms. The van der Waals surface area contributed by atoms with Crippen LogP contribution in [0.3, 0.4) is 0 Å². The Kier molecular flexibility index (Phi) is 9.29. The molecule has 1 atom stereocenters. The zero-order valence-electron chi connectivity index (χ0n) is 16.6. The van der Waals surface area contributed by atoms with Crippen LogP contribution in [0.15, 0.2) is 30.3 Å². The van der Waals surface area contributed by atoms with Crippen molar-refractivity contribution >= 4 is 46.9 Å². The van der Waals surface area contributed by atoms with E-state index in [1.54, 1.807) is 18.2 Å². The lowest BCUT2D eigenvalue weighted by atomic mass is 10.2. The molecular weight excluding hydrogens is 488 g/mol. The van der Waals surface area contributed by atoms with Crippen LogP contribution in [-0.2, 0) is 0 Å². The lowest BCUT2D eigenvalue weighted by molar-refractivity contribution is 0.202. The first-order chi connectivity index (χ1) is 14.3. The predicted molar refractivity (Wildman–Crippen MR) is 124 cm³/mol. The Morgan fingerprint density at radius 1 is 1.10 bits per heavy atom. The fourth-order valence-corrected chi connectivity index (χ4v) is 3.82. The van der Waals surface area contributed by atoms with Crippen LogP contribution in [0, 0.1) is 5.82 Å². The third kappa shape index (κ3) is 6.41. The Balaban J connectivity index is 0.00000341. The van der Waals surface area contributed by atoms with Crippen LogP contribution < -0.4 is 15.2 Å². The second-order valence-electron chi connectivity index (χ2n) is 6.75. The van der Waals surface area contributed by atoms with Gasteiger partial charge in [0.2, 0.25) is 0 Å². The van der Waals surface area contributed by atoms with Gasteiger partial charge in [0.15, 0.2) is 11.6 Å². The summed E-state index contributed by atoms with van der Waals surface area (Å²) in [6.07, 6.45) is 0.00690. The summed E-state index contributed by atoms with van der Waals surface area (Å²) in [4.78, 5) is 0. The van der Waals surface area contributed by atoms with Crippen molar-refractivity contribution in [3.63, 3.8) is 0 Å². The lowest BCUT2D eigenvalue weighted by Gasteiger charge is -2.13. The van der Waals surface area contributed by atoms with Gasteiger partial charge >= 0.3 is 0 Å². The summed E-state index contributed by atoms with van der Waals surface area (Å²) in [5.41, 5.74) is 6.80. The molecule has 2 aromatic carbocycles. The molecule has 3 rings (SSSR count). The molecule has 6 nitrogen and oxygen atoms in total. The summed E-state index contributed by atoms with van der Waals surface area (Å²) in [6, 6.07) is 7.54. The number of aromatic nitrogens is 2. The highest BCUT2D eigenvalue weighted by atomic mass is 35.5. The summed E-state index contributed by atoms with van der Waals surface area (Å²) in [7, 11) is 0. The highest BCUT2D eigenvalue weighted by molar-refractivity contribution is 7.17. The molecule has 0 bridgehead atoms. The van der Waals surface area contributed by atoms with Crippen molar-refractivity contribution in [2.75, 3.05) is 13.2 Å². The van der Waals surface area contributed by atoms with Gasteiger partial charge in [-0.15, -0.1) is 22.6 Å². The molecule has 0 fully saturated rings. The molecule has 1 heterocycles. The number of halogens is 4. The Morgan fingerprint density at radius 3 is 2.32 bits per heavy atom. The second-order valence-corrected chi connectivity index (χ2v) is 8.54. The molecule has 0 saturated heterocycles. The lowest BCUT2D eigenvalue weighted by Crippen LogP contribution is -2.31. The zero-order valence-corrected chi connectivity index (χ0v) is 19.8. The van der Waals surface area contributed by atoms with Gasteiger partial charge in [-0.3, -0.25) is 0 Å². The van der Waals surface area contributed by atoms with E-state index >= 15 is 0 Å². The second kappa shape index (κ2) is 11.3. The van der Waals surface area contributed by atoms with E-state index in [-0.39, 0.29) is 42.5 Å². The van der Waals surface area contributed by atoms with Crippen LogP contribution in [0.5, 0.6) is 11.5 Å². The van der Waals surface area contributed by atoms with Crippen molar-refractivity contribution in [2.45, 2.75) is 26.0 Å². The molecular formula is C20H21Cl3FN3O3S. The van der Waals surface area contributed by atoms with E-state index in [1.807, 2.05) is 19.9 Å². The third-order valence-corrected chi connectivity index (χ3v) is 5.49. The van der Waals surface area contributed by atoms with E-state index in [9.17, 15) is 4.39 Å². The normalized spacial score (nSPS) is 11.9. The summed E-state index contributed by atoms with van der Waals surface area (Å²) < 4.78 is 25.4. The van der Waals surface area contributed by atoms with Gasteiger partial charge in [0.25, 0.3) is 0 Å². The number of aliphatic hydroxyl groups is 1. The number of hydrogen-bond donors (Lipinski definition) is 2. The van der Waals surface area contributed by atoms with E-state index in [1.165, 1.54) is 17.4 Å². The van der Waals surface area contributed by atoms with Gasteiger partial charge in [-0.2, -0.15) is 0 Å². The van der Waals surface area contributed by atoms with Gasteiger partial charge in [0, 0.05) is 11.1 Å². The maximum Gasteiger partial charge on any atom is 0.173 e. The summed E-state index contributed by atoms with van der Waals surface area (Å²) in [5.74, 6) is -0.190. The standard InChI is InChI=1S/C20H20Cl2FN3O3S.ClH/c1-10(2)29-17-4-3-11(5-14(17)21)19-25-26-20(30-19)12-6-15(22)18(16(23)7-12)28-9-13(24)8-27;/h3-7,10,13,27H,8-9,24H2,1-2H3;1H/t13-;/m1./s1. The molecule has 0 radical (unpaired) electrons. The largest absolute Gasteiger partial charge is 0.489 e. The average molecular weight is 509 g/mol. The molecule has 0 spiro atoms. The molecule has 1 aromatic heterocycles. The minimum Gasteiger partial charge on any atom is -0.489 e. The SMILES string of the molecule is CC(C)Oc1ccc(-c2nnc(-c3cc(F)c(OC[C@H](N)CO)c(Cl)c3)s2)cc1Cl.Cl. The molecule has 0 unspecified atom stereocenters. The first kappa shape index (κ1) is 25.6. The van der Waals surface area contributed by atoms with Crippen LogP contribution >= 0.6 is 46.9 Å². The van der Waals surface area contributed by atoms with Crippen LogP contribution in [0.1, 0.15) is 13.8 Å². The first-order valence-corrected chi connectivity index (χ1v) is 10.6. The smallest absolute Gasteiger partial charge is 0.173 e. The molecule has 3 N–H and O–H groups in total. The average Bonchev–Trinajstić information content (AvgIpc) is 3.18. The van der Waals surface area contributed by atoms with Crippen LogP contribution in [-0.4, -0.2) is 40.7 Å². The summed E-state index contributed by atoms with van der Waals surface area (Å²) in [6.45, 7) is 3.50. The van der Waals surface area contributed by atoms with Crippen molar-refractivity contribution < 1.29 is 19.0 Å². The van der Waals surface area contributed by atoms with Crippen LogP contribution in [0.25, 0.3) is 21.1 Å². The molecule has 3 aromatic rings. The van der Waals surface area contributed by atoms with E-state index < -0.39 is 11.9 Å². The van der Waals surface area contributed by atoms with Crippen molar-refractivity contribution in [3.8, 4) is 32.6 Å². The number of ether oxygens (including phenoxy) is 2. The topological polar surface area (TPSA) is 90.5 Å². The molecule has 0 aliphatic heterocycles. The molecule has 168 valence electrons. The highest BCUT2D eigenvalue weighted by Crippen LogP contribution is 2.37. The quantitative estimate of drug-likeness (QED) is 0.433. The Morgan fingerprint density at radius 2 is 1.74 bits per heavy atom. The number of benzene rings is 2.